The van der Waals surface area contributed by atoms with Crippen molar-refractivity contribution in [1.82, 2.24) is 19.7 Å². The first-order chi connectivity index (χ1) is 12.1. The lowest BCUT2D eigenvalue weighted by molar-refractivity contribution is -0.134. The van der Waals surface area contributed by atoms with E-state index in [0.717, 1.165) is 18.0 Å². The summed E-state index contributed by atoms with van der Waals surface area (Å²) in [5.74, 6) is 1.18. The summed E-state index contributed by atoms with van der Waals surface area (Å²) < 4.78 is 7.91. The number of amides is 1. The molecule has 0 radical (unpaired) electrons. The zero-order valence-corrected chi connectivity index (χ0v) is 15.1. The van der Waals surface area contributed by atoms with Crippen LogP contribution >= 0.6 is 11.3 Å². The van der Waals surface area contributed by atoms with Gasteiger partial charge in [0.05, 0.1) is 10.9 Å². The van der Waals surface area contributed by atoms with E-state index in [-0.39, 0.29) is 11.9 Å². The van der Waals surface area contributed by atoms with Gasteiger partial charge in [-0.1, -0.05) is 0 Å². The van der Waals surface area contributed by atoms with Crippen molar-refractivity contribution < 1.29 is 9.21 Å². The molecule has 4 rings (SSSR count). The van der Waals surface area contributed by atoms with E-state index in [4.69, 9.17) is 4.42 Å². The molecule has 0 aromatic carbocycles. The fraction of sp³-hybridized carbons (Fsp3) is 0.389. The Morgan fingerprint density at radius 2 is 2.20 bits per heavy atom. The van der Waals surface area contributed by atoms with E-state index in [1.165, 1.54) is 10.6 Å². The first-order valence-electron chi connectivity index (χ1n) is 8.45. The summed E-state index contributed by atoms with van der Waals surface area (Å²) in [5, 5.41) is 8.17. The molecule has 1 atom stereocenters. The molecule has 1 amide bonds. The summed E-state index contributed by atoms with van der Waals surface area (Å²) in [6.45, 7) is 5.71. The van der Waals surface area contributed by atoms with Gasteiger partial charge in [-0.15, -0.1) is 21.5 Å². The standard InChI is InChI=1S/C18H20N4O2S/c1-12-5-6-15(25-12)18-20-19-16(24-18)7-8-17(23)22-11-10-21-9-3-4-14(21)13(22)2/h3-6,9,13H,7-8,10-11H2,1-2H3. The second-order valence-electron chi connectivity index (χ2n) is 6.30. The molecule has 0 N–H and O–H groups in total. The minimum Gasteiger partial charge on any atom is -0.420 e. The maximum absolute atomic E-state index is 12.6. The molecule has 0 aliphatic carbocycles. The number of hydrogen-bond acceptors (Lipinski definition) is 5. The van der Waals surface area contributed by atoms with E-state index < -0.39 is 0 Å². The second-order valence-corrected chi connectivity index (χ2v) is 7.59. The van der Waals surface area contributed by atoms with Crippen LogP contribution in [0.2, 0.25) is 0 Å². The van der Waals surface area contributed by atoms with E-state index in [2.05, 4.69) is 34.0 Å². The van der Waals surface area contributed by atoms with Crippen LogP contribution in [-0.4, -0.2) is 32.1 Å². The lowest BCUT2D eigenvalue weighted by Crippen LogP contribution is -2.40. The quantitative estimate of drug-likeness (QED) is 0.718. The Balaban J connectivity index is 1.39. The van der Waals surface area contributed by atoms with Crippen LogP contribution in [0.1, 0.15) is 35.8 Å². The summed E-state index contributed by atoms with van der Waals surface area (Å²) in [6.07, 6.45) is 2.93. The average Bonchev–Trinajstić information content (AvgIpc) is 3.33. The predicted molar refractivity (Wildman–Crippen MR) is 95.2 cm³/mol. The van der Waals surface area contributed by atoms with Gasteiger partial charge in [-0.25, -0.2) is 0 Å². The molecule has 0 saturated heterocycles. The average molecular weight is 356 g/mol. The van der Waals surface area contributed by atoms with Gasteiger partial charge in [-0.3, -0.25) is 4.79 Å². The van der Waals surface area contributed by atoms with Gasteiger partial charge >= 0.3 is 0 Å². The van der Waals surface area contributed by atoms with Crippen molar-refractivity contribution in [2.75, 3.05) is 6.54 Å². The summed E-state index contributed by atoms with van der Waals surface area (Å²) in [4.78, 5) is 16.7. The number of rotatable bonds is 4. The van der Waals surface area contributed by atoms with Gasteiger partial charge in [0.15, 0.2) is 0 Å². The molecule has 0 fully saturated rings. The fourth-order valence-electron chi connectivity index (χ4n) is 3.28. The SMILES string of the molecule is Cc1ccc(-c2nnc(CCC(=O)N3CCn4cccc4C3C)o2)s1. The molecule has 130 valence electrons. The van der Waals surface area contributed by atoms with Gasteiger partial charge in [0.25, 0.3) is 5.89 Å². The van der Waals surface area contributed by atoms with Gasteiger partial charge < -0.3 is 13.9 Å². The largest absolute Gasteiger partial charge is 0.420 e. The molecule has 1 aliphatic rings. The normalized spacial score (nSPS) is 16.9. The third-order valence-corrected chi connectivity index (χ3v) is 5.62. The number of fused-ring (bicyclic) bond motifs is 1. The fourth-order valence-corrected chi connectivity index (χ4v) is 4.07. The van der Waals surface area contributed by atoms with Gasteiger partial charge in [0.2, 0.25) is 11.8 Å². The number of carbonyl (C=O) groups is 1. The van der Waals surface area contributed by atoms with Gasteiger partial charge in [0.1, 0.15) is 0 Å². The van der Waals surface area contributed by atoms with Crippen LogP contribution in [0, 0.1) is 6.92 Å². The van der Waals surface area contributed by atoms with E-state index in [1.54, 1.807) is 11.3 Å². The van der Waals surface area contributed by atoms with Gasteiger partial charge in [0, 0.05) is 42.7 Å². The van der Waals surface area contributed by atoms with E-state index in [9.17, 15) is 4.79 Å². The van der Waals surface area contributed by atoms with Crippen LogP contribution in [0.15, 0.2) is 34.9 Å². The van der Waals surface area contributed by atoms with Crippen LogP contribution in [-0.2, 0) is 17.8 Å². The zero-order valence-electron chi connectivity index (χ0n) is 14.3. The number of hydrogen-bond donors (Lipinski definition) is 0. The van der Waals surface area contributed by atoms with Crippen LogP contribution < -0.4 is 0 Å². The Hall–Kier alpha value is -2.41. The van der Waals surface area contributed by atoms with Crippen LogP contribution in [0.4, 0.5) is 0 Å². The smallest absolute Gasteiger partial charge is 0.257 e. The third kappa shape index (κ3) is 3.11. The molecule has 25 heavy (non-hydrogen) atoms. The Bertz CT molecular complexity index is 894. The highest BCUT2D eigenvalue weighted by atomic mass is 32.1. The van der Waals surface area contributed by atoms with Crippen molar-refractivity contribution in [3.8, 4) is 10.8 Å². The van der Waals surface area contributed by atoms with Crippen molar-refractivity contribution >= 4 is 17.2 Å². The van der Waals surface area contributed by atoms with Gasteiger partial charge in [-0.05, 0) is 38.1 Å². The molecule has 7 heteroatoms. The molecule has 1 aliphatic heterocycles. The van der Waals surface area contributed by atoms with Crippen LogP contribution in [0.5, 0.6) is 0 Å². The number of carbonyl (C=O) groups excluding carboxylic acids is 1. The highest BCUT2D eigenvalue weighted by molar-refractivity contribution is 7.15. The molecule has 1 unspecified atom stereocenters. The topological polar surface area (TPSA) is 64.2 Å². The Morgan fingerprint density at radius 3 is 3.00 bits per heavy atom. The Kier molecular flexibility index (Phi) is 4.17. The summed E-state index contributed by atoms with van der Waals surface area (Å²) in [7, 11) is 0. The predicted octanol–water partition coefficient (Wildman–Crippen LogP) is 3.44. The van der Waals surface area contributed by atoms with E-state index in [0.29, 0.717) is 24.6 Å². The van der Waals surface area contributed by atoms with Crippen molar-refractivity contribution in [2.24, 2.45) is 0 Å². The molecular formula is C18H20N4O2S. The van der Waals surface area contributed by atoms with Crippen molar-refractivity contribution in [3.05, 3.63) is 46.9 Å². The lowest BCUT2D eigenvalue weighted by Gasteiger charge is -2.35. The van der Waals surface area contributed by atoms with Crippen molar-refractivity contribution in [2.45, 2.75) is 39.3 Å². The summed E-state index contributed by atoms with van der Waals surface area (Å²) >= 11 is 1.62. The summed E-state index contributed by atoms with van der Waals surface area (Å²) in [5.41, 5.74) is 1.19. The van der Waals surface area contributed by atoms with E-state index >= 15 is 0 Å². The number of thiophene rings is 1. The first-order valence-corrected chi connectivity index (χ1v) is 9.27. The minimum absolute atomic E-state index is 0.101. The summed E-state index contributed by atoms with van der Waals surface area (Å²) in [6, 6.07) is 8.22. The molecule has 3 aromatic rings. The Labute approximate surface area is 150 Å². The number of aromatic nitrogens is 3. The third-order valence-electron chi connectivity index (χ3n) is 4.63. The molecule has 0 saturated carbocycles. The number of aryl methyl sites for hydroxylation is 2. The maximum Gasteiger partial charge on any atom is 0.257 e. The molecule has 3 aromatic heterocycles. The lowest BCUT2D eigenvalue weighted by atomic mass is 10.1. The molecule has 4 heterocycles. The number of nitrogens with zero attached hydrogens (tertiary/aromatic N) is 4. The highest BCUT2D eigenvalue weighted by Gasteiger charge is 2.27. The molecule has 6 nitrogen and oxygen atoms in total. The Morgan fingerprint density at radius 1 is 1.32 bits per heavy atom. The molecule has 0 bridgehead atoms. The van der Waals surface area contributed by atoms with Crippen molar-refractivity contribution in [1.29, 1.82) is 0 Å². The van der Waals surface area contributed by atoms with Gasteiger partial charge in [-0.2, -0.15) is 0 Å². The van der Waals surface area contributed by atoms with E-state index in [1.807, 2.05) is 30.0 Å². The highest BCUT2D eigenvalue weighted by Crippen LogP contribution is 2.28. The molecular weight excluding hydrogens is 336 g/mol. The maximum atomic E-state index is 12.6. The van der Waals surface area contributed by atoms with Crippen LogP contribution in [0.25, 0.3) is 10.8 Å². The zero-order chi connectivity index (χ0) is 17.4. The second kappa shape index (κ2) is 6.48. The van der Waals surface area contributed by atoms with Crippen molar-refractivity contribution in [3.63, 3.8) is 0 Å². The van der Waals surface area contributed by atoms with Crippen LogP contribution in [0.3, 0.4) is 0 Å². The monoisotopic (exact) mass is 356 g/mol. The molecule has 0 spiro atoms. The minimum atomic E-state index is 0.101. The first kappa shape index (κ1) is 16.1.